The molecular formula is C54H96O6. The summed E-state index contributed by atoms with van der Waals surface area (Å²) >= 11 is 0. The van der Waals surface area contributed by atoms with Crippen molar-refractivity contribution in [1.82, 2.24) is 0 Å². The lowest BCUT2D eigenvalue weighted by atomic mass is 10.0. The third-order valence-electron chi connectivity index (χ3n) is 11.1. The zero-order valence-electron chi connectivity index (χ0n) is 39.7. The predicted molar refractivity (Wildman–Crippen MR) is 256 cm³/mol. The van der Waals surface area contributed by atoms with Gasteiger partial charge in [0.05, 0.1) is 0 Å². The molecule has 0 aliphatic carbocycles. The summed E-state index contributed by atoms with van der Waals surface area (Å²) < 4.78 is 16.7. The third kappa shape index (κ3) is 46.4. The first-order valence-electron chi connectivity index (χ1n) is 25.6. The molecule has 0 amide bonds. The van der Waals surface area contributed by atoms with Crippen LogP contribution in [0.2, 0.25) is 0 Å². The highest BCUT2D eigenvalue weighted by Gasteiger charge is 2.19. The molecule has 0 heterocycles. The van der Waals surface area contributed by atoms with Crippen LogP contribution in [-0.2, 0) is 28.6 Å². The zero-order chi connectivity index (χ0) is 43.7. The quantitative estimate of drug-likeness (QED) is 0.0263. The molecule has 0 radical (unpaired) electrons. The Bertz CT molecular complexity index is 1060. The van der Waals surface area contributed by atoms with Crippen LogP contribution in [0.1, 0.15) is 258 Å². The van der Waals surface area contributed by atoms with E-state index in [9.17, 15) is 14.4 Å². The molecule has 1 unspecified atom stereocenters. The summed E-state index contributed by atoms with van der Waals surface area (Å²) in [5.74, 6) is -0.914. The minimum absolute atomic E-state index is 0.0837. The molecule has 0 aromatic rings. The van der Waals surface area contributed by atoms with Crippen LogP contribution in [0.4, 0.5) is 0 Å². The zero-order valence-corrected chi connectivity index (χ0v) is 39.7. The second kappa shape index (κ2) is 49.0. The highest BCUT2D eigenvalue weighted by Crippen LogP contribution is 2.16. The summed E-state index contributed by atoms with van der Waals surface area (Å²) in [5.41, 5.74) is 0. The Morgan fingerprint density at radius 3 is 1.08 bits per heavy atom. The fourth-order valence-corrected chi connectivity index (χ4v) is 7.20. The summed E-state index contributed by atoms with van der Waals surface area (Å²) in [6, 6.07) is 0. The fraction of sp³-hybridized carbons (Fsp3) is 0.796. The molecule has 0 N–H and O–H groups in total. The topological polar surface area (TPSA) is 78.9 Å². The van der Waals surface area contributed by atoms with Crippen molar-refractivity contribution in [2.75, 3.05) is 13.2 Å². The first kappa shape index (κ1) is 57.4. The second-order valence-corrected chi connectivity index (χ2v) is 17.1. The van der Waals surface area contributed by atoms with E-state index in [-0.39, 0.29) is 31.1 Å². The van der Waals surface area contributed by atoms with Crippen LogP contribution >= 0.6 is 0 Å². The van der Waals surface area contributed by atoms with Gasteiger partial charge in [-0.25, -0.2) is 0 Å². The predicted octanol–water partition coefficient (Wildman–Crippen LogP) is 16.7. The smallest absolute Gasteiger partial charge is 0.306 e. The van der Waals surface area contributed by atoms with Gasteiger partial charge >= 0.3 is 17.9 Å². The van der Waals surface area contributed by atoms with Gasteiger partial charge in [0.1, 0.15) is 13.2 Å². The molecule has 348 valence electrons. The number of hydrogen-bond donors (Lipinski definition) is 0. The van der Waals surface area contributed by atoms with Gasteiger partial charge in [-0.2, -0.15) is 0 Å². The number of allylic oxidation sites excluding steroid dienone is 8. The summed E-state index contributed by atoms with van der Waals surface area (Å²) in [5, 5.41) is 0. The van der Waals surface area contributed by atoms with Crippen LogP contribution in [-0.4, -0.2) is 37.2 Å². The fourth-order valence-electron chi connectivity index (χ4n) is 7.20. The molecule has 6 heteroatoms. The Morgan fingerprint density at radius 1 is 0.350 bits per heavy atom. The summed E-state index contributed by atoms with van der Waals surface area (Å²) in [4.78, 5) is 37.9. The van der Waals surface area contributed by atoms with E-state index in [2.05, 4.69) is 69.4 Å². The highest BCUT2D eigenvalue weighted by atomic mass is 16.6. The van der Waals surface area contributed by atoms with Gasteiger partial charge in [0.15, 0.2) is 6.10 Å². The molecule has 0 rings (SSSR count). The van der Waals surface area contributed by atoms with Crippen LogP contribution in [0.25, 0.3) is 0 Å². The molecule has 0 aromatic carbocycles. The molecule has 0 spiro atoms. The van der Waals surface area contributed by atoms with E-state index < -0.39 is 6.10 Å². The van der Waals surface area contributed by atoms with Crippen molar-refractivity contribution in [2.24, 2.45) is 0 Å². The van der Waals surface area contributed by atoms with Crippen molar-refractivity contribution >= 4 is 17.9 Å². The number of hydrogen-bond acceptors (Lipinski definition) is 6. The van der Waals surface area contributed by atoms with Gasteiger partial charge in [0, 0.05) is 19.3 Å². The van der Waals surface area contributed by atoms with E-state index in [4.69, 9.17) is 14.2 Å². The molecule has 0 saturated heterocycles. The Hall–Kier alpha value is -2.63. The average Bonchev–Trinajstić information content (AvgIpc) is 3.24. The van der Waals surface area contributed by atoms with E-state index in [0.29, 0.717) is 19.3 Å². The number of rotatable bonds is 46. The van der Waals surface area contributed by atoms with Gasteiger partial charge in [-0.05, 0) is 70.6 Å². The lowest BCUT2D eigenvalue weighted by Gasteiger charge is -2.18. The molecule has 0 bridgehead atoms. The van der Waals surface area contributed by atoms with E-state index in [1.165, 1.54) is 109 Å². The third-order valence-corrected chi connectivity index (χ3v) is 11.1. The first-order valence-corrected chi connectivity index (χ1v) is 25.6. The van der Waals surface area contributed by atoms with E-state index in [1.54, 1.807) is 0 Å². The minimum Gasteiger partial charge on any atom is -0.462 e. The van der Waals surface area contributed by atoms with Crippen molar-refractivity contribution in [1.29, 1.82) is 0 Å². The first-order chi connectivity index (χ1) is 29.5. The average molecular weight is 841 g/mol. The molecule has 0 saturated carbocycles. The van der Waals surface area contributed by atoms with Crippen LogP contribution < -0.4 is 0 Å². The van der Waals surface area contributed by atoms with Gasteiger partial charge in [-0.15, -0.1) is 0 Å². The second-order valence-electron chi connectivity index (χ2n) is 17.1. The maximum atomic E-state index is 12.8. The number of carbonyl (C=O) groups excluding carboxylic acids is 3. The van der Waals surface area contributed by atoms with Gasteiger partial charge < -0.3 is 14.2 Å². The molecule has 0 aromatic heterocycles. The van der Waals surface area contributed by atoms with Crippen LogP contribution in [0, 0.1) is 0 Å². The standard InChI is InChI=1S/C54H96O6/c1-4-7-10-13-16-19-22-24-26-27-28-29-31-32-35-38-41-44-47-53(56)59-50-51(49-58-52(55)46-43-40-37-34-21-18-15-12-9-6-3)60-54(57)48-45-42-39-36-33-30-25-23-20-17-14-11-8-5-2/h8,11,15,17-18,20,25,30,51H,4-7,9-10,12-14,16,19,21-24,26-29,31-50H2,1-3H3/b11-8-,18-15-,20-17-,30-25-. The SMILES string of the molecule is CC/C=C\C/C=C\C/C=C\CCCCCCC(=O)OC(COC(=O)CCCCCC/C=C\CCCC)COC(=O)CCCCCCCCCCCCCCCCCCCC. The summed E-state index contributed by atoms with van der Waals surface area (Å²) in [6.45, 7) is 6.47. The van der Waals surface area contributed by atoms with E-state index >= 15 is 0 Å². The highest BCUT2D eigenvalue weighted by molar-refractivity contribution is 5.71. The van der Waals surface area contributed by atoms with Crippen molar-refractivity contribution < 1.29 is 28.6 Å². The van der Waals surface area contributed by atoms with Crippen molar-refractivity contribution in [3.63, 3.8) is 0 Å². The molecular weight excluding hydrogens is 745 g/mol. The molecule has 0 aliphatic rings. The normalized spacial score (nSPS) is 12.4. The summed E-state index contributed by atoms with van der Waals surface area (Å²) in [7, 11) is 0. The molecule has 1 atom stereocenters. The maximum Gasteiger partial charge on any atom is 0.306 e. The summed E-state index contributed by atoms with van der Waals surface area (Å²) in [6.07, 6.45) is 58.2. The van der Waals surface area contributed by atoms with Crippen LogP contribution in [0.15, 0.2) is 48.6 Å². The van der Waals surface area contributed by atoms with Crippen molar-refractivity contribution in [2.45, 2.75) is 264 Å². The van der Waals surface area contributed by atoms with Crippen LogP contribution in [0.3, 0.4) is 0 Å². The lowest BCUT2D eigenvalue weighted by Crippen LogP contribution is -2.30. The Balaban J connectivity index is 4.33. The molecule has 60 heavy (non-hydrogen) atoms. The molecule has 6 nitrogen and oxygen atoms in total. The molecule has 0 fully saturated rings. The minimum atomic E-state index is -0.785. The number of esters is 3. The Labute approximate surface area is 371 Å². The van der Waals surface area contributed by atoms with Gasteiger partial charge in [-0.3, -0.25) is 14.4 Å². The van der Waals surface area contributed by atoms with E-state index in [0.717, 1.165) is 109 Å². The molecule has 0 aliphatic heterocycles. The van der Waals surface area contributed by atoms with Gasteiger partial charge in [-0.1, -0.05) is 217 Å². The Kier molecular flexibility index (Phi) is 46.9. The van der Waals surface area contributed by atoms with Crippen molar-refractivity contribution in [3.05, 3.63) is 48.6 Å². The number of ether oxygens (including phenoxy) is 3. The number of carbonyl (C=O) groups is 3. The van der Waals surface area contributed by atoms with Gasteiger partial charge in [0.25, 0.3) is 0 Å². The number of unbranched alkanes of at least 4 members (excludes halogenated alkanes) is 27. The van der Waals surface area contributed by atoms with E-state index in [1.807, 2.05) is 0 Å². The Morgan fingerprint density at radius 2 is 0.667 bits per heavy atom. The van der Waals surface area contributed by atoms with Crippen molar-refractivity contribution in [3.8, 4) is 0 Å². The van der Waals surface area contributed by atoms with Crippen LogP contribution in [0.5, 0.6) is 0 Å². The monoisotopic (exact) mass is 841 g/mol. The maximum absolute atomic E-state index is 12.8. The van der Waals surface area contributed by atoms with Gasteiger partial charge in [0.2, 0.25) is 0 Å². The lowest BCUT2D eigenvalue weighted by molar-refractivity contribution is -0.167. The largest absolute Gasteiger partial charge is 0.462 e.